The third-order valence-corrected chi connectivity index (χ3v) is 4.32. The van der Waals surface area contributed by atoms with Gasteiger partial charge in [0, 0.05) is 5.56 Å². The maximum absolute atomic E-state index is 13.2. The Bertz CT molecular complexity index is 1200. The molecule has 0 aliphatic rings. The van der Waals surface area contributed by atoms with Crippen LogP contribution in [0.5, 0.6) is 0 Å². The first-order valence-corrected chi connectivity index (χ1v) is 8.64. The van der Waals surface area contributed by atoms with Crippen LogP contribution in [0.15, 0.2) is 65.1 Å². The van der Waals surface area contributed by atoms with Crippen LogP contribution in [0.4, 0.5) is 18.9 Å². The van der Waals surface area contributed by atoms with Crippen molar-refractivity contribution in [3.63, 3.8) is 0 Å². The zero-order chi connectivity index (χ0) is 20.6. The number of halogens is 3. The number of hydrogen-bond acceptors (Lipinski definition) is 4. The first-order chi connectivity index (χ1) is 13.8. The van der Waals surface area contributed by atoms with Gasteiger partial charge in [0.05, 0.1) is 22.5 Å². The van der Waals surface area contributed by atoms with Gasteiger partial charge in [-0.25, -0.2) is 9.97 Å². The fourth-order valence-electron chi connectivity index (χ4n) is 2.90. The van der Waals surface area contributed by atoms with Gasteiger partial charge in [0.25, 0.3) is 5.91 Å². The van der Waals surface area contributed by atoms with Crippen molar-refractivity contribution >= 4 is 22.8 Å². The number of alkyl halides is 3. The van der Waals surface area contributed by atoms with E-state index in [1.54, 1.807) is 6.92 Å². The Kier molecular flexibility index (Phi) is 4.54. The number of aryl methyl sites for hydroxylation is 1. The van der Waals surface area contributed by atoms with E-state index in [0.717, 1.165) is 17.7 Å². The molecule has 2 aromatic carbocycles. The second-order valence-corrected chi connectivity index (χ2v) is 6.33. The number of hydrogen-bond donors (Lipinski definition) is 1. The maximum atomic E-state index is 13.2. The van der Waals surface area contributed by atoms with Crippen LogP contribution in [-0.2, 0) is 6.18 Å². The van der Waals surface area contributed by atoms with Gasteiger partial charge < -0.3 is 9.73 Å². The molecule has 0 atom stereocenters. The van der Waals surface area contributed by atoms with Gasteiger partial charge in [0.1, 0.15) is 5.52 Å². The molecule has 0 spiro atoms. The fraction of sp³-hybridized carbons (Fsp3) is 0.0952. The number of fused-ring (bicyclic) bond motifs is 1. The Morgan fingerprint density at radius 1 is 1.00 bits per heavy atom. The molecule has 5 nitrogen and oxygen atoms in total. The maximum Gasteiger partial charge on any atom is 0.417 e. The second kappa shape index (κ2) is 7.05. The number of pyridine rings is 1. The van der Waals surface area contributed by atoms with Crippen LogP contribution in [0, 0.1) is 6.92 Å². The molecular formula is C21H14F3N3O2. The Balaban J connectivity index is 1.68. The van der Waals surface area contributed by atoms with E-state index in [1.807, 2.05) is 30.3 Å². The zero-order valence-corrected chi connectivity index (χ0v) is 15.1. The lowest BCUT2D eigenvalue weighted by atomic mass is 10.1. The van der Waals surface area contributed by atoms with Gasteiger partial charge in [0.2, 0.25) is 11.6 Å². The van der Waals surface area contributed by atoms with Crippen LogP contribution in [0.25, 0.3) is 22.7 Å². The monoisotopic (exact) mass is 397 g/mol. The van der Waals surface area contributed by atoms with Crippen LogP contribution in [0.2, 0.25) is 0 Å². The molecular weight excluding hydrogens is 383 g/mol. The van der Waals surface area contributed by atoms with Crippen LogP contribution in [0.1, 0.15) is 21.6 Å². The highest BCUT2D eigenvalue weighted by Gasteiger charge is 2.35. The number of aromatic nitrogens is 2. The molecule has 2 heterocycles. The SMILES string of the molecule is Cc1nc2oc(-c3ccccc3)nc2cc1NC(=O)c1ccccc1C(F)(F)F. The van der Waals surface area contributed by atoms with Crippen molar-refractivity contribution in [1.29, 1.82) is 0 Å². The van der Waals surface area contributed by atoms with Gasteiger partial charge in [-0.15, -0.1) is 0 Å². The van der Waals surface area contributed by atoms with E-state index in [-0.39, 0.29) is 11.4 Å². The van der Waals surface area contributed by atoms with Gasteiger partial charge in [-0.3, -0.25) is 4.79 Å². The van der Waals surface area contributed by atoms with E-state index in [4.69, 9.17) is 4.42 Å². The smallest absolute Gasteiger partial charge is 0.417 e. The summed E-state index contributed by atoms with van der Waals surface area (Å²) in [7, 11) is 0. The summed E-state index contributed by atoms with van der Waals surface area (Å²) in [5, 5.41) is 2.50. The van der Waals surface area contributed by atoms with E-state index < -0.39 is 23.2 Å². The average molecular weight is 397 g/mol. The Morgan fingerprint density at radius 2 is 1.69 bits per heavy atom. The normalized spacial score (nSPS) is 11.6. The highest BCUT2D eigenvalue weighted by Crippen LogP contribution is 2.32. The van der Waals surface area contributed by atoms with Crippen molar-refractivity contribution in [1.82, 2.24) is 9.97 Å². The fourth-order valence-corrected chi connectivity index (χ4v) is 2.90. The van der Waals surface area contributed by atoms with E-state index in [2.05, 4.69) is 15.3 Å². The predicted molar refractivity (Wildman–Crippen MR) is 101 cm³/mol. The van der Waals surface area contributed by atoms with E-state index in [0.29, 0.717) is 17.1 Å². The van der Waals surface area contributed by atoms with Crippen LogP contribution in [-0.4, -0.2) is 15.9 Å². The summed E-state index contributed by atoms with van der Waals surface area (Å²) in [6.45, 7) is 1.62. The molecule has 146 valence electrons. The third-order valence-electron chi connectivity index (χ3n) is 4.32. The van der Waals surface area contributed by atoms with Crippen LogP contribution in [0.3, 0.4) is 0 Å². The van der Waals surface area contributed by atoms with Gasteiger partial charge in [-0.2, -0.15) is 13.2 Å². The van der Waals surface area contributed by atoms with Crippen LogP contribution < -0.4 is 5.32 Å². The largest absolute Gasteiger partial charge is 0.418 e. The molecule has 0 unspecified atom stereocenters. The molecule has 0 fully saturated rings. The highest BCUT2D eigenvalue weighted by molar-refractivity contribution is 6.06. The van der Waals surface area contributed by atoms with E-state index in [9.17, 15) is 18.0 Å². The molecule has 29 heavy (non-hydrogen) atoms. The van der Waals surface area contributed by atoms with E-state index >= 15 is 0 Å². The summed E-state index contributed by atoms with van der Waals surface area (Å²) in [5.41, 5.74) is 0.594. The summed E-state index contributed by atoms with van der Waals surface area (Å²) in [6, 6.07) is 15.3. The van der Waals surface area contributed by atoms with Gasteiger partial charge in [-0.1, -0.05) is 30.3 Å². The Morgan fingerprint density at radius 3 is 2.41 bits per heavy atom. The molecule has 0 aliphatic carbocycles. The van der Waals surface area contributed by atoms with E-state index in [1.165, 1.54) is 18.2 Å². The van der Waals surface area contributed by atoms with Crippen LogP contribution >= 0.6 is 0 Å². The number of amides is 1. The number of carbonyl (C=O) groups is 1. The Hall–Kier alpha value is -3.68. The third kappa shape index (κ3) is 3.69. The Labute approximate surface area is 163 Å². The number of rotatable bonds is 3. The molecule has 4 rings (SSSR count). The van der Waals surface area contributed by atoms with Crippen molar-refractivity contribution in [2.45, 2.75) is 13.1 Å². The molecule has 0 bridgehead atoms. The number of oxazole rings is 1. The van der Waals surface area contributed by atoms with Crippen molar-refractivity contribution in [3.8, 4) is 11.5 Å². The second-order valence-electron chi connectivity index (χ2n) is 6.33. The van der Waals surface area contributed by atoms with Gasteiger partial charge in [-0.05, 0) is 37.3 Å². The molecule has 2 aromatic heterocycles. The molecule has 0 saturated carbocycles. The highest BCUT2D eigenvalue weighted by atomic mass is 19.4. The number of carbonyl (C=O) groups excluding carboxylic acids is 1. The molecule has 1 amide bonds. The summed E-state index contributed by atoms with van der Waals surface area (Å²) in [6.07, 6.45) is -4.64. The van der Waals surface area contributed by atoms with Crippen molar-refractivity contribution in [3.05, 3.63) is 77.5 Å². The van der Waals surface area contributed by atoms with Crippen molar-refractivity contribution in [2.24, 2.45) is 0 Å². The number of nitrogens with one attached hydrogen (secondary N) is 1. The number of nitrogens with zero attached hydrogens (tertiary/aromatic N) is 2. The van der Waals surface area contributed by atoms with Gasteiger partial charge >= 0.3 is 6.18 Å². The lowest BCUT2D eigenvalue weighted by Crippen LogP contribution is -2.19. The number of benzene rings is 2. The minimum absolute atomic E-state index is 0.257. The average Bonchev–Trinajstić information content (AvgIpc) is 3.11. The molecule has 0 radical (unpaired) electrons. The van der Waals surface area contributed by atoms with Gasteiger partial charge in [0.15, 0.2) is 0 Å². The molecule has 8 heteroatoms. The summed E-state index contributed by atoms with van der Waals surface area (Å²) >= 11 is 0. The summed E-state index contributed by atoms with van der Waals surface area (Å²) in [5.74, 6) is -0.521. The van der Waals surface area contributed by atoms with Crippen molar-refractivity contribution < 1.29 is 22.4 Å². The zero-order valence-electron chi connectivity index (χ0n) is 15.1. The summed E-state index contributed by atoms with van der Waals surface area (Å²) in [4.78, 5) is 21.1. The topological polar surface area (TPSA) is 68.0 Å². The molecule has 1 N–H and O–H groups in total. The molecule has 0 saturated heterocycles. The molecule has 4 aromatic rings. The lowest BCUT2D eigenvalue weighted by Gasteiger charge is -2.13. The first-order valence-electron chi connectivity index (χ1n) is 8.64. The lowest BCUT2D eigenvalue weighted by molar-refractivity contribution is -0.137. The quantitative estimate of drug-likeness (QED) is 0.498. The number of anilines is 1. The predicted octanol–water partition coefficient (Wildman–Crippen LogP) is 5.47. The minimum Gasteiger partial charge on any atom is -0.418 e. The minimum atomic E-state index is -4.64. The summed E-state index contributed by atoms with van der Waals surface area (Å²) < 4.78 is 45.2. The first kappa shape index (κ1) is 18.7. The standard InChI is InChI=1S/C21H14F3N3O2/c1-12-16(26-18(28)14-9-5-6-10-15(14)21(22,23)24)11-17-20(25-12)29-19(27-17)13-7-3-2-4-8-13/h2-11H,1H3,(H,26,28). The van der Waals surface area contributed by atoms with Crippen molar-refractivity contribution in [2.75, 3.05) is 5.32 Å². The molecule has 0 aliphatic heterocycles.